The second-order valence-corrected chi connectivity index (χ2v) is 8.68. The third-order valence-corrected chi connectivity index (χ3v) is 6.68. The first-order valence-electron chi connectivity index (χ1n) is 11.3. The topological polar surface area (TPSA) is 60.0 Å². The van der Waals surface area contributed by atoms with Gasteiger partial charge in [-0.1, -0.05) is 37.1 Å². The molecular weight excluding hydrogens is 362 g/mol. The lowest BCUT2D eigenvalue weighted by atomic mass is 10.1. The predicted molar refractivity (Wildman–Crippen MR) is 117 cm³/mol. The van der Waals surface area contributed by atoms with Crippen LogP contribution in [0.15, 0.2) is 29.3 Å². The molecular formula is C23H35N5O. The number of aliphatic imine (C=N–C) groups is 1. The molecule has 0 bridgehead atoms. The van der Waals surface area contributed by atoms with Crippen LogP contribution in [0.25, 0.3) is 0 Å². The van der Waals surface area contributed by atoms with E-state index in [2.05, 4.69) is 32.7 Å². The fourth-order valence-electron chi connectivity index (χ4n) is 5.01. The van der Waals surface area contributed by atoms with E-state index in [1.165, 1.54) is 49.8 Å². The van der Waals surface area contributed by atoms with Gasteiger partial charge in [-0.15, -0.1) is 0 Å². The van der Waals surface area contributed by atoms with Gasteiger partial charge < -0.3 is 15.5 Å². The highest BCUT2D eigenvalue weighted by Gasteiger charge is 2.30. The summed E-state index contributed by atoms with van der Waals surface area (Å²) >= 11 is 0. The first-order chi connectivity index (χ1) is 14.2. The molecule has 0 radical (unpaired) electrons. The van der Waals surface area contributed by atoms with Gasteiger partial charge in [-0.05, 0) is 36.8 Å². The molecule has 1 amide bonds. The van der Waals surface area contributed by atoms with Gasteiger partial charge in [0.25, 0.3) is 0 Å². The Bertz CT molecular complexity index is 703. The summed E-state index contributed by atoms with van der Waals surface area (Å²) in [6, 6.07) is 9.62. The number of carbonyl (C=O) groups excluding carboxylic acids is 1. The van der Waals surface area contributed by atoms with E-state index < -0.39 is 0 Å². The van der Waals surface area contributed by atoms with Crippen molar-refractivity contribution in [1.82, 2.24) is 20.4 Å². The Labute approximate surface area is 174 Å². The Hall–Kier alpha value is -2.08. The maximum absolute atomic E-state index is 12.5. The molecule has 0 spiro atoms. The van der Waals surface area contributed by atoms with Gasteiger partial charge in [0.15, 0.2) is 5.96 Å². The highest BCUT2D eigenvalue weighted by molar-refractivity contribution is 5.80. The molecule has 6 heteroatoms. The molecule has 4 rings (SSSR count). The summed E-state index contributed by atoms with van der Waals surface area (Å²) in [4.78, 5) is 21.5. The first-order valence-corrected chi connectivity index (χ1v) is 11.3. The first kappa shape index (κ1) is 20.2. The predicted octanol–water partition coefficient (Wildman–Crippen LogP) is 2.49. The molecule has 1 atom stereocenters. The zero-order valence-corrected chi connectivity index (χ0v) is 17.7. The van der Waals surface area contributed by atoms with Crippen molar-refractivity contribution in [3.8, 4) is 0 Å². The van der Waals surface area contributed by atoms with Crippen LogP contribution in [0.2, 0.25) is 0 Å². The number of fused-ring (bicyclic) bond motifs is 1. The van der Waals surface area contributed by atoms with Crippen LogP contribution in [0.1, 0.15) is 56.1 Å². The molecule has 29 heavy (non-hydrogen) atoms. The minimum absolute atomic E-state index is 0.244. The number of likely N-dealkylation sites (tertiary alicyclic amines) is 1. The molecule has 2 aliphatic heterocycles. The van der Waals surface area contributed by atoms with Gasteiger partial charge >= 0.3 is 0 Å². The number of guanidine groups is 1. The second kappa shape index (κ2) is 9.61. The SMILES string of the molecule is CN=C(NCCCC(=O)N1Cc2ccccc2C1)NC1CCN(C2CCCC2)C1. The maximum atomic E-state index is 12.5. The Balaban J connectivity index is 1.13. The second-order valence-electron chi connectivity index (χ2n) is 8.68. The van der Waals surface area contributed by atoms with E-state index in [1.54, 1.807) is 0 Å². The lowest BCUT2D eigenvalue weighted by Gasteiger charge is -2.24. The number of amides is 1. The van der Waals surface area contributed by atoms with E-state index >= 15 is 0 Å². The van der Waals surface area contributed by atoms with E-state index in [-0.39, 0.29) is 5.91 Å². The summed E-state index contributed by atoms with van der Waals surface area (Å²) in [5.74, 6) is 1.11. The number of carbonyl (C=O) groups is 1. The van der Waals surface area contributed by atoms with Crippen LogP contribution in [-0.4, -0.2) is 60.4 Å². The average molecular weight is 398 g/mol. The van der Waals surface area contributed by atoms with Crippen LogP contribution in [0.5, 0.6) is 0 Å². The molecule has 0 aromatic heterocycles. The summed E-state index contributed by atoms with van der Waals surface area (Å²) in [5.41, 5.74) is 2.57. The van der Waals surface area contributed by atoms with Crippen molar-refractivity contribution in [2.45, 2.75) is 70.1 Å². The molecule has 1 unspecified atom stereocenters. The lowest BCUT2D eigenvalue weighted by molar-refractivity contribution is -0.131. The van der Waals surface area contributed by atoms with E-state index in [9.17, 15) is 4.79 Å². The number of nitrogens with zero attached hydrogens (tertiary/aromatic N) is 3. The number of benzene rings is 1. The molecule has 1 aromatic rings. The van der Waals surface area contributed by atoms with Crippen molar-refractivity contribution in [2.75, 3.05) is 26.7 Å². The van der Waals surface area contributed by atoms with Crippen molar-refractivity contribution in [2.24, 2.45) is 4.99 Å². The Morgan fingerprint density at radius 3 is 2.55 bits per heavy atom. The summed E-state index contributed by atoms with van der Waals surface area (Å²) in [7, 11) is 1.83. The van der Waals surface area contributed by atoms with Crippen molar-refractivity contribution >= 4 is 11.9 Å². The third kappa shape index (κ3) is 5.10. The number of nitrogens with one attached hydrogen (secondary N) is 2. The fourth-order valence-corrected chi connectivity index (χ4v) is 5.01. The summed E-state index contributed by atoms with van der Waals surface area (Å²) in [6.45, 7) is 4.60. The minimum Gasteiger partial charge on any atom is -0.356 e. The Morgan fingerprint density at radius 1 is 1.14 bits per heavy atom. The average Bonchev–Trinajstić information content (AvgIpc) is 3.49. The molecule has 2 N–H and O–H groups in total. The van der Waals surface area contributed by atoms with Crippen LogP contribution in [0, 0.1) is 0 Å². The minimum atomic E-state index is 0.244. The van der Waals surface area contributed by atoms with Gasteiger partial charge in [-0.3, -0.25) is 14.7 Å². The van der Waals surface area contributed by atoms with Crippen LogP contribution >= 0.6 is 0 Å². The normalized spacial score (nSPS) is 22.9. The van der Waals surface area contributed by atoms with Crippen LogP contribution < -0.4 is 10.6 Å². The molecule has 1 saturated carbocycles. The standard InChI is InChI=1S/C23H35N5O/c1-24-23(26-20-12-14-27(17-20)21-9-4-5-10-21)25-13-6-11-22(29)28-15-18-7-2-3-8-19(18)16-28/h2-3,7-8,20-21H,4-6,9-17H2,1H3,(H2,24,25,26). The number of hydrogen-bond acceptors (Lipinski definition) is 3. The van der Waals surface area contributed by atoms with Gasteiger partial charge in [-0.25, -0.2) is 0 Å². The molecule has 158 valence electrons. The quantitative estimate of drug-likeness (QED) is 0.440. The Morgan fingerprint density at radius 2 is 1.86 bits per heavy atom. The van der Waals surface area contributed by atoms with Gasteiger partial charge in [0.05, 0.1) is 0 Å². The number of hydrogen-bond donors (Lipinski definition) is 2. The summed E-state index contributed by atoms with van der Waals surface area (Å²) < 4.78 is 0. The van der Waals surface area contributed by atoms with E-state index in [0.29, 0.717) is 12.5 Å². The Kier molecular flexibility index (Phi) is 6.70. The van der Waals surface area contributed by atoms with Crippen LogP contribution in [0.4, 0.5) is 0 Å². The number of rotatable bonds is 6. The highest BCUT2D eigenvalue weighted by atomic mass is 16.2. The smallest absolute Gasteiger partial charge is 0.223 e. The van der Waals surface area contributed by atoms with Gasteiger partial charge in [0.1, 0.15) is 0 Å². The molecule has 3 aliphatic rings. The molecule has 1 aromatic carbocycles. The van der Waals surface area contributed by atoms with Crippen molar-refractivity contribution in [1.29, 1.82) is 0 Å². The zero-order chi connectivity index (χ0) is 20.1. The van der Waals surface area contributed by atoms with E-state index in [1.807, 2.05) is 24.1 Å². The van der Waals surface area contributed by atoms with E-state index in [4.69, 9.17) is 0 Å². The zero-order valence-electron chi connectivity index (χ0n) is 17.7. The third-order valence-electron chi connectivity index (χ3n) is 6.68. The van der Waals surface area contributed by atoms with Gasteiger partial charge in [0.2, 0.25) is 5.91 Å². The van der Waals surface area contributed by atoms with Gasteiger partial charge in [-0.2, -0.15) is 0 Å². The van der Waals surface area contributed by atoms with Crippen molar-refractivity contribution in [3.63, 3.8) is 0 Å². The van der Waals surface area contributed by atoms with Crippen molar-refractivity contribution < 1.29 is 4.79 Å². The molecule has 2 heterocycles. The molecule has 1 aliphatic carbocycles. The van der Waals surface area contributed by atoms with Crippen LogP contribution in [0.3, 0.4) is 0 Å². The van der Waals surface area contributed by atoms with Crippen molar-refractivity contribution in [3.05, 3.63) is 35.4 Å². The van der Waals surface area contributed by atoms with E-state index in [0.717, 1.165) is 44.6 Å². The highest BCUT2D eigenvalue weighted by Crippen LogP contribution is 2.26. The maximum Gasteiger partial charge on any atom is 0.223 e. The fraction of sp³-hybridized carbons (Fsp3) is 0.652. The monoisotopic (exact) mass is 397 g/mol. The largest absolute Gasteiger partial charge is 0.356 e. The molecule has 1 saturated heterocycles. The molecule has 2 fully saturated rings. The molecule has 6 nitrogen and oxygen atoms in total. The summed E-state index contributed by atoms with van der Waals surface area (Å²) in [6.07, 6.45) is 8.12. The van der Waals surface area contributed by atoms with Gasteiger partial charge in [0, 0.05) is 58.3 Å². The van der Waals surface area contributed by atoms with Crippen LogP contribution in [-0.2, 0) is 17.9 Å². The lowest BCUT2D eigenvalue weighted by Crippen LogP contribution is -2.45. The summed E-state index contributed by atoms with van der Waals surface area (Å²) in [5, 5.41) is 6.97.